The van der Waals surface area contributed by atoms with Crippen molar-refractivity contribution in [1.82, 2.24) is 0 Å². The van der Waals surface area contributed by atoms with E-state index in [2.05, 4.69) is 111 Å². The topological polar surface area (TPSA) is 9.23 Å². The fourth-order valence-corrected chi connectivity index (χ4v) is 4.51. The van der Waals surface area contributed by atoms with Crippen LogP contribution in [0.15, 0.2) is 97.1 Å². The second-order valence-electron chi connectivity index (χ2n) is 6.88. The molecule has 138 valence electrons. The van der Waals surface area contributed by atoms with Gasteiger partial charge in [-0.15, -0.1) is 0 Å². The molecule has 0 spiro atoms. The van der Waals surface area contributed by atoms with Gasteiger partial charge in [-0.3, -0.25) is 0 Å². The molecule has 0 aliphatic rings. The number of benzene rings is 4. The van der Waals surface area contributed by atoms with Crippen LogP contribution in [0.5, 0.6) is 11.5 Å². The van der Waals surface area contributed by atoms with Gasteiger partial charge in [-0.2, -0.15) is 0 Å². The lowest BCUT2D eigenvalue weighted by molar-refractivity contribution is 0.475. The summed E-state index contributed by atoms with van der Waals surface area (Å²) in [6.07, 6.45) is 0. The van der Waals surface area contributed by atoms with Gasteiger partial charge in [0, 0.05) is 0 Å². The van der Waals surface area contributed by atoms with Crippen LogP contribution in [0.2, 0.25) is 0 Å². The molecule has 28 heavy (non-hydrogen) atoms. The Hall–Kier alpha value is -2.89. The number of ether oxygens (including phenoxy) is 1. The molecular weight excluding hydrogens is 359 g/mol. The van der Waals surface area contributed by atoms with Crippen molar-refractivity contribution in [1.29, 1.82) is 0 Å². The zero-order chi connectivity index (χ0) is 19.3. The van der Waals surface area contributed by atoms with Crippen LogP contribution in [0.3, 0.4) is 0 Å². The van der Waals surface area contributed by atoms with Crippen LogP contribution in [-0.2, 0) is 0 Å². The highest BCUT2D eigenvalue weighted by Gasteiger charge is 2.08. The minimum Gasteiger partial charge on any atom is -0.457 e. The van der Waals surface area contributed by atoms with Crippen LogP contribution in [0.25, 0.3) is 11.1 Å². The molecule has 0 aliphatic carbocycles. The first-order chi connectivity index (χ1) is 13.7. The summed E-state index contributed by atoms with van der Waals surface area (Å²) in [6.45, 7) is 4.16. The summed E-state index contributed by atoms with van der Waals surface area (Å²) in [5.41, 5.74) is 4.80. The van der Waals surface area contributed by atoms with Crippen molar-refractivity contribution < 1.29 is 4.74 Å². The van der Waals surface area contributed by atoms with Crippen LogP contribution in [0.4, 0.5) is 0 Å². The Morgan fingerprint density at radius 3 is 1.96 bits per heavy atom. The molecule has 2 heteroatoms. The minimum absolute atomic E-state index is 0.641. The van der Waals surface area contributed by atoms with Gasteiger partial charge < -0.3 is 4.74 Å². The summed E-state index contributed by atoms with van der Waals surface area (Å²) < 4.78 is 6.16. The van der Waals surface area contributed by atoms with E-state index in [0.717, 1.165) is 22.6 Å². The lowest BCUT2D eigenvalue weighted by atomic mass is 10.1. The van der Waals surface area contributed by atoms with Gasteiger partial charge in [0.15, 0.2) is 0 Å². The highest BCUT2D eigenvalue weighted by atomic mass is 31.1. The van der Waals surface area contributed by atoms with Crippen LogP contribution < -0.4 is 15.3 Å². The molecule has 0 aromatic heterocycles. The van der Waals surface area contributed by atoms with Gasteiger partial charge in [-0.05, 0) is 58.8 Å². The van der Waals surface area contributed by atoms with E-state index in [-0.39, 0.29) is 0 Å². The minimum atomic E-state index is 0.641. The lowest BCUT2D eigenvalue weighted by Gasteiger charge is -2.13. The van der Waals surface area contributed by atoms with Gasteiger partial charge in [0.1, 0.15) is 11.5 Å². The zero-order valence-electron chi connectivity index (χ0n) is 16.1. The standard InChI is InChI=1S/C26H23OP/c1-19-9-8-10-20(2)26(19)27-22-17-15-21(16-18-22)24-13-6-7-14-25(24)28-23-11-4-3-5-12-23/h3-18,28H,1-2H3. The van der Waals surface area contributed by atoms with Gasteiger partial charge in [0.2, 0.25) is 0 Å². The molecular formula is C26H23OP. The van der Waals surface area contributed by atoms with Crippen molar-refractivity contribution in [2.24, 2.45) is 0 Å². The second-order valence-corrected chi connectivity index (χ2v) is 8.25. The van der Waals surface area contributed by atoms with Crippen molar-refractivity contribution >= 4 is 19.2 Å². The molecule has 4 aromatic carbocycles. The summed E-state index contributed by atoms with van der Waals surface area (Å²) in [5, 5.41) is 2.71. The van der Waals surface area contributed by atoms with E-state index < -0.39 is 0 Å². The van der Waals surface area contributed by atoms with Gasteiger partial charge in [-0.1, -0.05) is 93.5 Å². The Kier molecular flexibility index (Phi) is 5.55. The Morgan fingerprint density at radius 2 is 1.25 bits per heavy atom. The maximum Gasteiger partial charge on any atom is 0.133 e. The third-order valence-corrected chi connectivity index (χ3v) is 6.10. The number of hydrogen-bond acceptors (Lipinski definition) is 1. The van der Waals surface area contributed by atoms with Gasteiger partial charge in [0.25, 0.3) is 0 Å². The van der Waals surface area contributed by atoms with Crippen molar-refractivity contribution in [2.45, 2.75) is 13.8 Å². The van der Waals surface area contributed by atoms with E-state index in [1.807, 2.05) is 0 Å². The summed E-state index contributed by atoms with van der Waals surface area (Å²) in [6, 6.07) is 33.9. The zero-order valence-corrected chi connectivity index (χ0v) is 17.1. The number of rotatable bonds is 5. The third kappa shape index (κ3) is 4.16. The molecule has 0 aliphatic heterocycles. The van der Waals surface area contributed by atoms with E-state index in [4.69, 9.17) is 4.74 Å². The third-order valence-electron chi connectivity index (χ3n) is 4.77. The molecule has 4 aromatic rings. The van der Waals surface area contributed by atoms with E-state index >= 15 is 0 Å². The molecule has 0 saturated heterocycles. The first-order valence-electron chi connectivity index (χ1n) is 9.46. The smallest absolute Gasteiger partial charge is 0.133 e. The fourth-order valence-electron chi connectivity index (χ4n) is 3.30. The highest BCUT2D eigenvalue weighted by Crippen LogP contribution is 2.30. The Morgan fingerprint density at radius 1 is 0.607 bits per heavy atom. The Bertz CT molecular complexity index is 1050. The monoisotopic (exact) mass is 382 g/mol. The maximum atomic E-state index is 6.16. The lowest BCUT2D eigenvalue weighted by Crippen LogP contribution is -2.05. The predicted molar refractivity (Wildman–Crippen MR) is 122 cm³/mol. The van der Waals surface area contributed by atoms with Gasteiger partial charge in [0.05, 0.1) is 0 Å². The molecule has 0 heterocycles. The normalized spacial score (nSPS) is 11.1. The number of aryl methyl sites for hydroxylation is 2. The van der Waals surface area contributed by atoms with E-state index in [1.165, 1.54) is 21.7 Å². The average Bonchev–Trinajstić information content (AvgIpc) is 2.73. The molecule has 4 rings (SSSR count). The first-order valence-corrected chi connectivity index (χ1v) is 10.5. The van der Waals surface area contributed by atoms with Gasteiger partial charge in [-0.25, -0.2) is 0 Å². The van der Waals surface area contributed by atoms with Crippen molar-refractivity contribution in [3.05, 3.63) is 108 Å². The SMILES string of the molecule is Cc1cccc(C)c1Oc1ccc(-c2ccccc2Pc2ccccc2)cc1. The molecule has 0 radical (unpaired) electrons. The summed E-state index contributed by atoms with van der Waals surface area (Å²) in [7, 11) is 0.641. The van der Waals surface area contributed by atoms with Crippen LogP contribution in [0.1, 0.15) is 11.1 Å². The summed E-state index contributed by atoms with van der Waals surface area (Å²) >= 11 is 0. The molecule has 1 atom stereocenters. The molecule has 1 nitrogen and oxygen atoms in total. The largest absolute Gasteiger partial charge is 0.457 e. The average molecular weight is 382 g/mol. The Balaban J connectivity index is 1.59. The van der Waals surface area contributed by atoms with Crippen LogP contribution >= 0.6 is 8.58 Å². The Labute approximate surface area is 168 Å². The van der Waals surface area contributed by atoms with Crippen molar-refractivity contribution in [2.75, 3.05) is 0 Å². The molecule has 0 saturated carbocycles. The van der Waals surface area contributed by atoms with Crippen molar-refractivity contribution in [3.8, 4) is 22.6 Å². The summed E-state index contributed by atoms with van der Waals surface area (Å²) in [4.78, 5) is 0. The van der Waals surface area contributed by atoms with E-state index in [9.17, 15) is 0 Å². The maximum absolute atomic E-state index is 6.16. The molecule has 0 bridgehead atoms. The first kappa shape index (κ1) is 18.5. The fraction of sp³-hybridized carbons (Fsp3) is 0.0769. The van der Waals surface area contributed by atoms with E-state index in [0.29, 0.717) is 8.58 Å². The quantitative estimate of drug-likeness (QED) is 0.363. The number of hydrogen-bond donors (Lipinski definition) is 0. The molecule has 1 unspecified atom stereocenters. The molecule has 0 amide bonds. The highest BCUT2D eigenvalue weighted by molar-refractivity contribution is 7.55. The van der Waals surface area contributed by atoms with Crippen LogP contribution in [0, 0.1) is 13.8 Å². The molecule has 0 fully saturated rings. The van der Waals surface area contributed by atoms with Gasteiger partial charge >= 0.3 is 0 Å². The predicted octanol–water partition coefficient (Wildman–Crippen LogP) is 6.39. The second kappa shape index (κ2) is 8.42. The van der Waals surface area contributed by atoms with Crippen LogP contribution in [-0.4, -0.2) is 0 Å². The molecule has 0 N–H and O–H groups in total. The summed E-state index contributed by atoms with van der Waals surface area (Å²) in [5.74, 6) is 1.81. The number of para-hydroxylation sites is 1. The van der Waals surface area contributed by atoms with E-state index in [1.54, 1.807) is 0 Å². The van der Waals surface area contributed by atoms with Crippen molar-refractivity contribution in [3.63, 3.8) is 0 Å².